The van der Waals surface area contributed by atoms with Gasteiger partial charge in [0, 0.05) is 24.9 Å². The van der Waals surface area contributed by atoms with Crippen molar-refractivity contribution >= 4 is 40.2 Å². The number of fused-ring (bicyclic) bond motifs is 1. The van der Waals surface area contributed by atoms with Crippen LogP contribution in [-0.4, -0.2) is 43.1 Å². The topological polar surface area (TPSA) is 123 Å². The van der Waals surface area contributed by atoms with Gasteiger partial charge in [0.25, 0.3) is 0 Å². The maximum Gasteiger partial charge on any atom is 0.419 e. The standard InChI is InChI=1S/C21H14ClF3N6O3/c1-34-9-11-6-16(31-20-26-7-10(8-27-20)21(23,24)25)12-2-4-14(30-18(12)28-11)17-13(22)3-5-15(29-17)19(32)33/h2-8H,9H2,1H3,(H,32,33)(H,26,27,28,30,31). The monoisotopic (exact) mass is 490 g/mol. The van der Waals surface area contributed by atoms with Crippen LogP contribution in [0.25, 0.3) is 22.4 Å². The van der Waals surface area contributed by atoms with Gasteiger partial charge in [-0.05, 0) is 30.3 Å². The van der Waals surface area contributed by atoms with Crippen LogP contribution in [0, 0.1) is 0 Å². The first kappa shape index (κ1) is 23.3. The summed E-state index contributed by atoms with van der Waals surface area (Å²) in [6.45, 7) is 0.123. The van der Waals surface area contributed by atoms with Crippen LogP contribution in [0.15, 0.2) is 42.7 Å². The lowest BCUT2D eigenvalue weighted by Gasteiger charge is -2.12. The van der Waals surface area contributed by atoms with Crippen molar-refractivity contribution in [1.29, 1.82) is 0 Å². The molecule has 34 heavy (non-hydrogen) atoms. The molecule has 0 aromatic carbocycles. The first-order valence-corrected chi connectivity index (χ1v) is 9.89. The van der Waals surface area contributed by atoms with Crippen molar-refractivity contribution in [3.05, 3.63) is 64.7 Å². The number of rotatable bonds is 6. The van der Waals surface area contributed by atoms with Crippen LogP contribution in [0.3, 0.4) is 0 Å². The first-order chi connectivity index (χ1) is 16.2. The number of nitrogens with zero attached hydrogens (tertiary/aromatic N) is 5. The molecule has 0 saturated carbocycles. The first-order valence-electron chi connectivity index (χ1n) is 9.52. The maximum absolute atomic E-state index is 12.8. The predicted octanol–water partition coefficient (Wildman–Crippen LogP) is 4.74. The molecule has 2 N–H and O–H groups in total. The average molecular weight is 491 g/mol. The second-order valence-electron chi connectivity index (χ2n) is 6.91. The largest absolute Gasteiger partial charge is 0.477 e. The molecule has 0 unspecified atom stereocenters. The second-order valence-corrected chi connectivity index (χ2v) is 7.32. The van der Waals surface area contributed by atoms with E-state index in [1.54, 1.807) is 18.2 Å². The number of ether oxygens (including phenoxy) is 1. The molecule has 13 heteroatoms. The molecule has 0 fully saturated rings. The van der Waals surface area contributed by atoms with E-state index in [1.807, 2.05) is 0 Å². The van der Waals surface area contributed by atoms with Crippen LogP contribution >= 0.6 is 11.6 Å². The summed E-state index contributed by atoms with van der Waals surface area (Å²) in [4.78, 5) is 31.7. The molecule has 4 rings (SSSR count). The third-order valence-electron chi connectivity index (χ3n) is 4.55. The Hall–Kier alpha value is -3.90. The fourth-order valence-corrected chi connectivity index (χ4v) is 3.22. The molecule has 0 bridgehead atoms. The van der Waals surface area contributed by atoms with Gasteiger partial charge in [-0.1, -0.05) is 11.6 Å². The fourth-order valence-electron chi connectivity index (χ4n) is 3.01. The lowest BCUT2D eigenvalue weighted by Crippen LogP contribution is -2.08. The molecule has 174 valence electrons. The highest BCUT2D eigenvalue weighted by Crippen LogP contribution is 2.31. The summed E-state index contributed by atoms with van der Waals surface area (Å²) in [5.41, 5.74) is 0.380. The van der Waals surface area contributed by atoms with E-state index in [0.29, 0.717) is 29.2 Å². The van der Waals surface area contributed by atoms with Crippen LogP contribution in [0.1, 0.15) is 21.7 Å². The Bertz CT molecular complexity index is 1380. The van der Waals surface area contributed by atoms with Crippen molar-refractivity contribution in [1.82, 2.24) is 24.9 Å². The predicted molar refractivity (Wildman–Crippen MR) is 116 cm³/mol. The number of carboxylic acids is 1. The normalized spacial score (nSPS) is 11.6. The number of halogens is 4. The van der Waals surface area contributed by atoms with Crippen molar-refractivity contribution in [3.8, 4) is 11.4 Å². The number of hydrogen-bond donors (Lipinski definition) is 2. The smallest absolute Gasteiger partial charge is 0.419 e. The number of pyridine rings is 3. The molecule has 0 radical (unpaired) electrons. The van der Waals surface area contributed by atoms with Gasteiger partial charge in [0.1, 0.15) is 11.4 Å². The van der Waals surface area contributed by atoms with Gasteiger partial charge in [0.2, 0.25) is 5.95 Å². The maximum atomic E-state index is 12.8. The molecule has 0 aliphatic heterocycles. The van der Waals surface area contributed by atoms with Crippen LogP contribution < -0.4 is 5.32 Å². The Morgan fingerprint density at radius 2 is 1.85 bits per heavy atom. The van der Waals surface area contributed by atoms with Crippen molar-refractivity contribution in [3.63, 3.8) is 0 Å². The quantitative estimate of drug-likeness (QED) is 0.394. The van der Waals surface area contributed by atoms with E-state index in [-0.39, 0.29) is 40.3 Å². The van der Waals surface area contributed by atoms with E-state index in [0.717, 1.165) is 0 Å². The molecule has 9 nitrogen and oxygen atoms in total. The molecule has 4 aromatic rings. The number of aromatic nitrogens is 5. The molecule has 0 amide bonds. The number of aromatic carboxylic acids is 1. The Morgan fingerprint density at radius 3 is 2.50 bits per heavy atom. The van der Waals surface area contributed by atoms with Gasteiger partial charge in [0.05, 0.1) is 34.3 Å². The number of carbonyl (C=O) groups is 1. The zero-order valence-electron chi connectivity index (χ0n) is 17.3. The lowest BCUT2D eigenvalue weighted by molar-refractivity contribution is -0.138. The molecule has 0 aliphatic carbocycles. The SMILES string of the molecule is COCc1cc(Nc2ncc(C(F)(F)F)cn2)c2ccc(-c3nc(C(=O)O)ccc3Cl)nc2n1. The average Bonchev–Trinajstić information content (AvgIpc) is 2.79. The minimum atomic E-state index is -4.55. The number of methoxy groups -OCH3 is 1. The zero-order valence-corrected chi connectivity index (χ0v) is 18.0. The molecular formula is C21H14ClF3N6O3. The van der Waals surface area contributed by atoms with Crippen molar-refractivity contribution < 1.29 is 27.8 Å². The van der Waals surface area contributed by atoms with Crippen LogP contribution in [0.4, 0.5) is 24.8 Å². The van der Waals surface area contributed by atoms with E-state index in [1.165, 1.54) is 19.2 Å². The van der Waals surface area contributed by atoms with Crippen molar-refractivity contribution in [2.24, 2.45) is 0 Å². The molecule has 0 saturated heterocycles. The number of nitrogens with one attached hydrogen (secondary N) is 1. The number of carboxylic acid groups (broad SMARTS) is 1. The summed E-state index contributed by atoms with van der Waals surface area (Å²) in [6.07, 6.45) is -3.20. The lowest BCUT2D eigenvalue weighted by atomic mass is 10.1. The van der Waals surface area contributed by atoms with Crippen LogP contribution in [0.2, 0.25) is 5.02 Å². The third-order valence-corrected chi connectivity index (χ3v) is 4.86. The zero-order chi connectivity index (χ0) is 24.5. The van der Waals surface area contributed by atoms with E-state index in [2.05, 4.69) is 30.2 Å². The molecule has 4 aromatic heterocycles. The van der Waals surface area contributed by atoms with E-state index < -0.39 is 17.7 Å². The van der Waals surface area contributed by atoms with E-state index in [9.17, 15) is 23.1 Å². The molecule has 4 heterocycles. The van der Waals surface area contributed by atoms with Crippen LogP contribution in [0.5, 0.6) is 0 Å². The number of alkyl halides is 3. The summed E-state index contributed by atoms with van der Waals surface area (Å²) in [5, 5.41) is 12.8. The van der Waals surface area contributed by atoms with Gasteiger partial charge >= 0.3 is 12.1 Å². The molecule has 0 spiro atoms. The highest BCUT2D eigenvalue weighted by atomic mass is 35.5. The van der Waals surface area contributed by atoms with Gasteiger partial charge in [0.15, 0.2) is 5.65 Å². The molecule has 0 aliphatic rings. The second kappa shape index (κ2) is 9.15. The van der Waals surface area contributed by atoms with Gasteiger partial charge in [-0.15, -0.1) is 0 Å². The van der Waals surface area contributed by atoms with Gasteiger partial charge in [-0.25, -0.2) is 29.7 Å². The summed E-state index contributed by atoms with van der Waals surface area (Å²) in [6, 6.07) is 7.52. The summed E-state index contributed by atoms with van der Waals surface area (Å²) in [5.74, 6) is -1.28. The van der Waals surface area contributed by atoms with Gasteiger partial charge < -0.3 is 15.2 Å². The van der Waals surface area contributed by atoms with Crippen LogP contribution in [-0.2, 0) is 17.5 Å². The Kier molecular flexibility index (Phi) is 6.26. The minimum Gasteiger partial charge on any atom is -0.477 e. The van der Waals surface area contributed by atoms with Gasteiger partial charge in [-0.3, -0.25) is 0 Å². The van der Waals surface area contributed by atoms with E-state index in [4.69, 9.17) is 16.3 Å². The van der Waals surface area contributed by atoms with Crippen molar-refractivity contribution in [2.45, 2.75) is 12.8 Å². The minimum absolute atomic E-state index is 0.0631. The summed E-state index contributed by atoms with van der Waals surface area (Å²) >= 11 is 6.21. The van der Waals surface area contributed by atoms with E-state index >= 15 is 0 Å². The summed E-state index contributed by atoms with van der Waals surface area (Å²) < 4.78 is 43.5. The van der Waals surface area contributed by atoms with Crippen molar-refractivity contribution in [2.75, 3.05) is 12.4 Å². The highest BCUT2D eigenvalue weighted by molar-refractivity contribution is 6.33. The summed E-state index contributed by atoms with van der Waals surface area (Å²) in [7, 11) is 1.48. The fraction of sp³-hybridized carbons (Fsp3) is 0.143. The molecular weight excluding hydrogens is 477 g/mol. The Morgan fingerprint density at radius 1 is 1.12 bits per heavy atom. The van der Waals surface area contributed by atoms with Gasteiger partial charge in [-0.2, -0.15) is 13.2 Å². The third kappa shape index (κ3) is 4.87. The number of hydrogen-bond acceptors (Lipinski definition) is 8. The molecule has 0 atom stereocenters. The highest BCUT2D eigenvalue weighted by Gasteiger charge is 2.31. The Labute approximate surface area is 194 Å². The number of anilines is 2. The Balaban J connectivity index is 1.78.